The standard InChI is InChI=1S/C29H52N2O/c32-28(23-29-20-25-17-26(21-29)19-27(18-25)22-29)31-14-10-8-6-4-2-1-3-5-7-9-11-24-12-15-30-16-13-24/h24-27,30H,1-23H2,(H,31,32). The van der Waals surface area contributed by atoms with Crippen LogP contribution in [0.5, 0.6) is 0 Å². The van der Waals surface area contributed by atoms with Gasteiger partial charge in [0.05, 0.1) is 0 Å². The van der Waals surface area contributed by atoms with E-state index in [9.17, 15) is 4.79 Å². The third kappa shape index (κ3) is 7.74. The lowest BCUT2D eigenvalue weighted by molar-refractivity contribution is -0.129. The molecular formula is C29H52N2O. The van der Waals surface area contributed by atoms with Crippen LogP contribution in [0.3, 0.4) is 0 Å². The zero-order valence-electron chi connectivity index (χ0n) is 21.0. The molecule has 4 bridgehead atoms. The van der Waals surface area contributed by atoms with Crippen molar-refractivity contribution in [3.63, 3.8) is 0 Å². The Labute approximate surface area is 198 Å². The fourth-order valence-electron chi connectivity index (χ4n) is 8.28. The minimum atomic E-state index is 0.354. The zero-order valence-corrected chi connectivity index (χ0v) is 21.0. The molecule has 0 aromatic heterocycles. The summed E-state index contributed by atoms with van der Waals surface area (Å²) in [5.74, 6) is 4.22. The van der Waals surface area contributed by atoms with Gasteiger partial charge in [-0.25, -0.2) is 0 Å². The molecule has 5 aliphatic rings. The van der Waals surface area contributed by atoms with Gasteiger partial charge < -0.3 is 10.6 Å². The molecule has 1 aliphatic heterocycles. The number of piperidine rings is 1. The normalized spacial score (nSPS) is 31.8. The number of carbonyl (C=O) groups excluding carboxylic acids is 1. The lowest BCUT2D eigenvalue weighted by Gasteiger charge is -2.56. The first kappa shape index (κ1) is 24.6. The Morgan fingerprint density at radius 1 is 0.719 bits per heavy atom. The largest absolute Gasteiger partial charge is 0.356 e. The molecule has 4 saturated carbocycles. The van der Waals surface area contributed by atoms with Crippen LogP contribution in [0.15, 0.2) is 0 Å². The fraction of sp³-hybridized carbons (Fsp3) is 0.966. The topological polar surface area (TPSA) is 41.1 Å². The van der Waals surface area contributed by atoms with E-state index in [-0.39, 0.29) is 0 Å². The summed E-state index contributed by atoms with van der Waals surface area (Å²) in [5.41, 5.74) is 0.395. The van der Waals surface area contributed by atoms with Crippen molar-refractivity contribution in [3.05, 3.63) is 0 Å². The average molecular weight is 445 g/mol. The summed E-state index contributed by atoms with van der Waals surface area (Å²) >= 11 is 0. The van der Waals surface area contributed by atoms with Crippen molar-refractivity contribution in [2.75, 3.05) is 19.6 Å². The molecule has 4 aliphatic carbocycles. The highest BCUT2D eigenvalue weighted by atomic mass is 16.1. The average Bonchev–Trinajstić information content (AvgIpc) is 2.76. The van der Waals surface area contributed by atoms with Gasteiger partial charge in [-0.05, 0) is 100.0 Å². The molecule has 0 spiro atoms. The summed E-state index contributed by atoms with van der Waals surface area (Å²) in [4.78, 5) is 12.6. The molecule has 1 amide bonds. The van der Waals surface area contributed by atoms with Crippen molar-refractivity contribution in [2.24, 2.45) is 29.1 Å². The molecule has 0 aromatic rings. The van der Waals surface area contributed by atoms with Gasteiger partial charge in [0.15, 0.2) is 0 Å². The molecule has 0 unspecified atom stereocenters. The van der Waals surface area contributed by atoms with Gasteiger partial charge >= 0.3 is 0 Å². The van der Waals surface area contributed by atoms with E-state index < -0.39 is 0 Å². The Bertz CT molecular complexity index is 518. The summed E-state index contributed by atoms with van der Waals surface area (Å²) in [6.07, 6.45) is 27.4. The highest BCUT2D eigenvalue weighted by Crippen LogP contribution is 2.61. The molecule has 1 heterocycles. The second-order valence-corrected chi connectivity index (χ2v) is 12.5. The van der Waals surface area contributed by atoms with Crippen molar-refractivity contribution in [1.82, 2.24) is 10.6 Å². The molecule has 1 saturated heterocycles. The molecule has 0 atom stereocenters. The number of hydrogen-bond donors (Lipinski definition) is 2. The van der Waals surface area contributed by atoms with E-state index >= 15 is 0 Å². The predicted molar refractivity (Wildman–Crippen MR) is 135 cm³/mol. The zero-order chi connectivity index (χ0) is 22.1. The first-order chi connectivity index (χ1) is 15.7. The third-order valence-electron chi connectivity index (χ3n) is 9.52. The monoisotopic (exact) mass is 444 g/mol. The van der Waals surface area contributed by atoms with Gasteiger partial charge in [-0.1, -0.05) is 64.2 Å². The van der Waals surface area contributed by atoms with Crippen molar-refractivity contribution in [1.29, 1.82) is 0 Å². The van der Waals surface area contributed by atoms with Gasteiger partial charge in [0.25, 0.3) is 0 Å². The van der Waals surface area contributed by atoms with E-state index in [1.54, 1.807) is 0 Å². The van der Waals surface area contributed by atoms with Gasteiger partial charge in [-0.2, -0.15) is 0 Å². The summed E-state index contributed by atoms with van der Waals surface area (Å²) < 4.78 is 0. The molecule has 5 fully saturated rings. The molecular weight excluding hydrogens is 392 g/mol. The number of amides is 1. The minimum Gasteiger partial charge on any atom is -0.356 e. The summed E-state index contributed by atoms with van der Waals surface area (Å²) in [7, 11) is 0. The fourth-order valence-corrected chi connectivity index (χ4v) is 8.28. The Kier molecular flexibility index (Phi) is 9.80. The van der Waals surface area contributed by atoms with Crippen LogP contribution in [0, 0.1) is 29.1 Å². The number of unbranched alkanes of at least 4 members (excludes halogenated alkanes) is 9. The number of nitrogens with one attached hydrogen (secondary N) is 2. The summed E-state index contributed by atoms with van der Waals surface area (Å²) in [5, 5.41) is 6.74. The minimum absolute atomic E-state index is 0.354. The van der Waals surface area contributed by atoms with Crippen molar-refractivity contribution >= 4 is 5.91 Å². The van der Waals surface area contributed by atoms with Crippen LogP contribution < -0.4 is 10.6 Å². The number of rotatable bonds is 15. The highest BCUT2D eigenvalue weighted by molar-refractivity contribution is 5.76. The van der Waals surface area contributed by atoms with E-state index in [2.05, 4.69) is 10.6 Å². The third-order valence-corrected chi connectivity index (χ3v) is 9.52. The molecule has 3 heteroatoms. The summed E-state index contributed by atoms with van der Waals surface area (Å²) in [6.45, 7) is 3.40. The van der Waals surface area contributed by atoms with Crippen LogP contribution in [0.25, 0.3) is 0 Å². The van der Waals surface area contributed by atoms with Crippen LogP contribution in [0.2, 0.25) is 0 Å². The predicted octanol–water partition coefficient (Wildman–Crippen LogP) is 7.00. The smallest absolute Gasteiger partial charge is 0.220 e. The number of hydrogen-bond acceptors (Lipinski definition) is 2. The Hall–Kier alpha value is -0.570. The lowest BCUT2D eigenvalue weighted by atomic mass is 9.49. The van der Waals surface area contributed by atoms with Crippen molar-refractivity contribution in [2.45, 2.75) is 128 Å². The molecule has 2 N–H and O–H groups in total. The van der Waals surface area contributed by atoms with E-state index in [1.807, 2.05) is 0 Å². The van der Waals surface area contributed by atoms with Gasteiger partial charge in [0.1, 0.15) is 0 Å². The maximum Gasteiger partial charge on any atom is 0.220 e. The maximum absolute atomic E-state index is 12.6. The Morgan fingerprint density at radius 3 is 1.78 bits per heavy atom. The second-order valence-electron chi connectivity index (χ2n) is 12.5. The first-order valence-electron chi connectivity index (χ1n) is 14.7. The van der Waals surface area contributed by atoms with Crippen LogP contribution in [-0.2, 0) is 4.79 Å². The Balaban J connectivity index is 0.918. The lowest BCUT2D eigenvalue weighted by Crippen LogP contribution is -2.48. The summed E-state index contributed by atoms with van der Waals surface area (Å²) in [6, 6.07) is 0. The molecule has 32 heavy (non-hydrogen) atoms. The first-order valence-corrected chi connectivity index (χ1v) is 14.7. The quantitative estimate of drug-likeness (QED) is 0.267. The van der Waals surface area contributed by atoms with E-state index in [4.69, 9.17) is 0 Å². The van der Waals surface area contributed by atoms with E-state index in [0.29, 0.717) is 11.3 Å². The van der Waals surface area contributed by atoms with E-state index in [0.717, 1.165) is 36.6 Å². The highest BCUT2D eigenvalue weighted by Gasteiger charge is 2.51. The van der Waals surface area contributed by atoms with Gasteiger partial charge in [0, 0.05) is 13.0 Å². The van der Waals surface area contributed by atoms with E-state index in [1.165, 1.54) is 135 Å². The maximum atomic E-state index is 12.6. The molecule has 0 radical (unpaired) electrons. The Morgan fingerprint density at radius 2 is 1.22 bits per heavy atom. The molecule has 3 nitrogen and oxygen atoms in total. The molecule has 5 rings (SSSR count). The van der Waals surface area contributed by atoms with Gasteiger partial charge in [-0.3, -0.25) is 4.79 Å². The van der Waals surface area contributed by atoms with Gasteiger partial charge in [0.2, 0.25) is 5.91 Å². The number of carbonyl (C=O) groups is 1. The van der Waals surface area contributed by atoms with Crippen LogP contribution >= 0.6 is 0 Å². The van der Waals surface area contributed by atoms with Crippen molar-refractivity contribution < 1.29 is 4.79 Å². The van der Waals surface area contributed by atoms with Gasteiger partial charge in [-0.15, -0.1) is 0 Å². The second kappa shape index (κ2) is 12.8. The van der Waals surface area contributed by atoms with Crippen LogP contribution in [-0.4, -0.2) is 25.5 Å². The SMILES string of the molecule is O=C(CC12CC3CC(CC(C3)C1)C2)NCCCCCCCCCCCCC1CCNCC1. The van der Waals surface area contributed by atoms with Crippen molar-refractivity contribution in [3.8, 4) is 0 Å². The van der Waals surface area contributed by atoms with Crippen LogP contribution in [0.4, 0.5) is 0 Å². The van der Waals surface area contributed by atoms with Crippen LogP contribution in [0.1, 0.15) is 128 Å². The molecule has 184 valence electrons. The molecule has 0 aromatic carbocycles.